The maximum absolute atomic E-state index is 10.6. The molecule has 0 saturated carbocycles. The van der Waals surface area contributed by atoms with Crippen LogP contribution in [0, 0.1) is 17.8 Å². The summed E-state index contributed by atoms with van der Waals surface area (Å²) in [4.78, 5) is 12.1. The zero-order valence-electron chi connectivity index (χ0n) is 8.71. The van der Waals surface area contributed by atoms with Gasteiger partial charge in [-0.25, -0.2) is 4.79 Å². The fourth-order valence-corrected chi connectivity index (χ4v) is 1.97. The van der Waals surface area contributed by atoms with Crippen LogP contribution < -0.4 is 0 Å². The highest BCUT2D eigenvalue weighted by Gasteiger charge is 2.20. The van der Waals surface area contributed by atoms with Gasteiger partial charge in [-0.2, -0.15) is 0 Å². The Balaban J connectivity index is 2.24. The van der Waals surface area contributed by atoms with Crippen molar-refractivity contribution in [2.75, 3.05) is 17.5 Å². The molecule has 1 N–H and O–H groups in total. The molecule has 0 spiro atoms. The van der Waals surface area contributed by atoms with Crippen molar-refractivity contribution in [3.05, 3.63) is 0 Å². The topological polar surface area (TPSA) is 40.5 Å². The van der Waals surface area contributed by atoms with Crippen molar-refractivity contribution in [2.24, 2.45) is 5.92 Å². The summed E-state index contributed by atoms with van der Waals surface area (Å²) in [5.41, 5.74) is 0. The van der Waals surface area contributed by atoms with Gasteiger partial charge in [-0.1, -0.05) is 28.5 Å². The Morgan fingerprint density at radius 1 is 1.47 bits per heavy atom. The van der Waals surface area contributed by atoms with E-state index in [2.05, 4.69) is 34.4 Å². The summed E-state index contributed by atoms with van der Waals surface area (Å²) in [5.74, 6) is 6.83. The van der Waals surface area contributed by atoms with Gasteiger partial charge in [0, 0.05) is 29.9 Å². The molecule has 0 unspecified atom stereocenters. The minimum atomic E-state index is -0.800. The van der Waals surface area contributed by atoms with Crippen LogP contribution in [0.2, 0.25) is 0 Å². The Labute approximate surface area is 104 Å². The van der Waals surface area contributed by atoms with Crippen LogP contribution in [0.5, 0.6) is 0 Å². The molecule has 84 valence electrons. The molecule has 4 heteroatoms. The largest absolute Gasteiger partial charge is 0.465 e. The predicted octanol–water partition coefficient (Wildman–Crippen LogP) is 2.60. The highest BCUT2D eigenvalue weighted by atomic mass is 127. The lowest BCUT2D eigenvalue weighted by Gasteiger charge is -2.27. The lowest BCUT2D eigenvalue weighted by atomic mass is 9.97. The number of likely N-dealkylation sites (tertiary alicyclic amines) is 1. The summed E-state index contributed by atoms with van der Waals surface area (Å²) in [7, 11) is 0. The van der Waals surface area contributed by atoms with Crippen LogP contribution in [-0.4, -0.2) is 33.6 Å². The molecule has 0 atom stereocenters. The molecule has 1 rings (SSSR count). The van der Waals surface area contributed by atoms with E-state index in [1.807, 2.05) is 0 Å². The van der Waals surface area contributed by atoms with Gasteiger partial charge in [0.15, 0.2) is 0 Å². The third kappa shape index (κ3) is 4.74. The first-order valence-electron chi connectivity index (χ1n) is 5.26. The fourth-order valence-electron chi connectivity index (χ4n) is 1.59. The monoisotopic (exact) mass is 321 g/mol. The van der Waals surface area contributed by atoms with E-state index in [1.54, 1.807) is 0 Å². The second kappa shape index (κ2) is 6.94. The van der Waals surface area contributed by atoms with Crippen molar-refractivity contribution < 1.29 is 9.90 Å². The third-order valence-electron chi connectivity index (χ3n) is 2.51. The summed E-state index contributed by atoms with van der Waals surface area (Å²) in [6.45, 7) is 1.28. The Morgan fingerprint density at radius 3 is 2.67 bits per heavy atom. The van der Waals surface area contributed by atoms with Gasteiger partial charge in [0.05, 0.1) is 0 Å². The molecule has 0 bridgehead atoms. The van der Waals surface area contributed by atoms with Gasteiger partial charge in [-0.15, -0.1) is 5.92 Å². The van der Waals surface area contributed by atoms with Crippen molar-refractivity contribution in [3.63, 3.8) is 0 Å². The fraction of sp³-hybridized carbons (Fsp3) is 0.727. The number of rotatable bonds is 2. The molecule has 1 aliphatic rings. The Kier molecular flexibility index (Phi) is 5.84. The van der Waals surface area contributed by atoms with Crippen LogP contribution in [0.1, 0.15) is 25.7 Å². The minimum Gasteiger partial charge on any atom is -0.465 e. The van der Waals surface area contributed by atoms with Gasteiger partial charge in [-0.05, 0) is 19.3 Å². The molecular formula is C11H16INO2. The summed E-state index contributed by atoms with van der Waals surface area (Å²) in [5, 5.41) is 8.76. The number of hydrogen-bond donors (Lipinski definition) is 1. The van der Waals surface area contributed by atoms with Crippen molar-refractivity contribution in [2.45, 2.75) is 25.7 Å². The Bertz CT molecular complexity index is 261. The van der Waals surface area contributed by atoms with Crippen molar-refractivity contribution in [3.8, 4) is 11.8 Å². The molecule has 0 aromatic heterocycles. The van der Waals surface area contributed by atoms with Gasteiger partial charge in [0.2, 0.25) is 0 Å². The zero-order valence-corrected chi connectivity index (χ0v) is 10.9. The number of hydrogen-bond acceptors (Lipinski definition) is 1. The van der Waals surface area contributed by atoms with Crippen LogP contribution in [0.3, 0.4) is 0 Å². The molecule has 1 heterocycles. The number of alkyl halides is 1. The molecule has 1 aliphatic heterocycles. The highest BCUT2D eigenvalue weighted by molar-refractivity contribution is 14.1. The van der Waals surface area contributed by atoms with E-state index in [-0.39, 0.29) is 0 Å². The van der Waals surface area contributed by atoms with E-state index >= 15 is 0 Å². The van der Waals surface area contributed by atoms with Crippen LogP contribution in [0.15, 0.2) is 0 Å². The molecular weight excluding hydrogens is 305 g/mol. The molecule has 1 amide bonds. The summed E-state index contributed by atoms with van der Waals surface area (Å²) in [6, 6.07) is 0. The summed E-state index contributed by atoms with van der Waals surface area (Å²) in [6.07, 6.45) is 3.11. The maximum atomic E-state index is 10.6. The van der Waals surface area contributed by atoms with E-state index in [0.29, 0.717) is 19.0 Å². The van der Waals surface area contributed by atoms with E-state index in [1.165, 1.54) is 4.90 Å². The van der Waals surface area contributed by atoms with Gasteiger partial charge in [0.1, 0.15) is 0 Å². The van der Waals surface area contributed by atoms with E-state index in [4.69, 9.17) is 5.11 Å². The minimum absolute atomic E-state index is 0.412. The smallest absolute Gasteiger partial charge is 0.407 e. The van der Waals surface area contributed by atoms with Gasteiger partial charge < -0.3 is 10.0 Å². The average Bonchev–Trinajstić information content (AvgIpc) is 2.25. The van der Waals surface area contributed by atoms with Crippen molar-refractivity contribution in [1.82, 2.24) is 4.90 Å². The number of halogens is 1. The molecule has 0 aromatic rings. The summed E-state index contributed by atoms with van der Waals surface area (Å²) < 4.78 is 1.16. The molecule has 15 heavy (non-hydrogen) atoms. The predicted molar refractivity (Wildman–Crippen MR) is 68.2 cm³/mol. The number of carboxylic acid groups (broad SMARTS) is 1. The number of piperidine rings is 1. The SMILES string of the molecule is O=C(O)N1CCC(C#CCCCI)CC1. The normalized spacial score (nSPS) is 17.0. The molecule has 3 nitrogen and oxygen atoms in total. The number of carbonyl (C=O) groups is 1. The number of amides is 1. The van der Waals surface area contributed by atoms with E-state index < -0.39 is 6.09 Å². The van der Waals surface area contributed by atoms with Gasteiger partial charge in [-0.3, -0.25) is 0 Å². The Hall–Kier alpha value is -0.440. The van der Waals surface area contributed by atoms with Crippen LogP contribution in [0.4, 0.5) is 4.79 Å². The van der Waals surface area contributed by atoms with Gasteiger partial charge >= 0.3 is 6.09 Å². The lowest BCUT2D eigenvalue weighted by molar-refractivity contribution is 0.130. The number of nitrogens with zero attached hydrogens (tertiary/aromatic N) is 1. The zero-order chi connectivity index (χ0) is 11.1. The second-order valence-electron chi connectivity index (χ2n) is 3.66. The molecule has 1 fully saturated rings. The first-order chi connectivity index (χ1) is 7.24. The van der Waals surface area contributed by atoms with Crippen LogP contribution >= 0.6 is 22.6 Å². The van der Waals surface area contributed by atoms with Crippen LogP contribution in [-0.2, 0) is 0 Å². The molecule has 0 radical (unpaired) electrons. The van der Waals surface area contributed by atoms with E-state index in [0.717, 1.165) is 30.1 Å². The second-order valence-corrected chi connectivity index (χ2v) is 4.74. The Morgan fingerprint density at radius 2 is 2.13 bits per heavy atom. The van der Waals surface area contributed by atoms with Crippen molar-refractivity contribution >= 4 is 28.7 Å². The molecule has 1 saturated heterocycles. The third-order valence-corrected chi connectivity index (χ3v) is 3.27. The van der Waals surface area contributed by atoms with Crippen molar-refractivity contribution in [1.29, 1.82) is 0 Å². The molecule has 0 aliphatic carbocycles. The highest BCUT2D eigenvalue weighted by Crippen LogP contribution is 2.16. The quantitative estimate of drug-likeness (QED) is 0.368. The lowest BCUT2D eigenvalue weighted by Crippen LogP contribution is -2.37. The van der Waals surface area contributed by atoms with Gasteiger partial charge in [0.25, 0.3) is 0 Å². The van der Waals surface area contributed by atoms with E-state index in [9.17, 15) is 4.79 Å². The van der Waals surface area contributed by atoms with Crippen LogP contribution in [0.25, 0.3) is 0 Å². The first kappa shape index (κ1) is 12.6. The average molecular weight is 321 g/mol. The standard InChI is InChI=1S/C11H16INO2/c12-7-3-1-2-4-10-5-8-13(9-6-10)11(14)15/h10H,1,3,5-9H2,(H,14,15). The maximum Gasteiger partial charge on any atom is 0.407 e. The first-order valence-corrected chi connectivity index (χ1v) is 6.79. The summed E-state index contributed by atoms with van der Waals surface area (Å²) >= 11 is 2.35. The molecule has 0 aromatic carbocycles. The number of unbranched alkanes of at least 4 members (excludes halogenated alkanes) is 1.